The number of ether oxygens (including phenoxy) is 1. The Labute approximate surface area is 156 Å². The summed E-state index contributed by atoms with van der Waals surface area (Å²) in [6, 6.07) is 7.78. The van der Waals surface area contributed by atoms with Gasteiger partial charge in [0.05, 0.1) is 17.0 Å². The summed E-state index contributed by atoms with van der Waals surface area (Å²) < 4.78 is 28.1. The quantitative estimate of drug-likeness (QED) is 0.435. The molecule has 1 atom stereocenters. The fraction of sp³-hybridized carbons (Fsp3) is 0.412. The Balaban J connectivity index is 1.64. The lowest BCUT2D eigenvalue weighted by Gasteiger charge is -2.10. The molecule has 2 heterocycles. The van der Waals surface area contributed by atoms with E-state index in [1.54, 1.807) is 11.8 Å². The van der Waals surface area contributed by atoms with Crippen LogP contribution < -0.4 is 0 Å². The normalized spacial score (nSPS) is 19.2. The average molecular weight is 400 g/mol. The van der Waals surface area contributed by atoms with E-state index in [0.29, 0.717) is 17.1 Å². The first-order chi connectivity index (χ1) is 11.9. The van der Waals surface area contributed by atoms with Gasteiger partial charge in [-0.1, -0.05) is 17.7 Å². The number of halogens is 1. The van der Waals surface area contributed by atoms with Gasteiger partial charge in [0.1, 0.15) is 11.8 Å². The second-order valence-electron chi connectivity index (χ2n) is 6.13. The molecule has 8 heteroatoms. The minimum absolute atomic E-state index is 0.0321. The van der Waals surface area contributed by atoms with Gasteiger partial charge in [-0.25, -0.2) is 13.4 Å². The third-order valence-electron chi connectivity index (χ3n) is 4.22. The van der Waals surface area contributed by atoms with Crippen LogP contribution in [0.15, 0.2) is 29.2 Å². The highest BCUT2D eigenvalue weighted by molar-refractivity contribution is 7.98. The minimum Gasteiger partial charge on any atom is -0.461 e. The van der Waals surface area contributed by atoms with Crippen molar-refractivity contribution in [3.8, 4) is 0 Å². The minimum atomic E-state index is -2.99. The lowest BCUT2D eigenvalue weighted by atomic mass is 10.1. The van der Waals surface area contributed by atoms with Crippen LogP contribution in [0.25, 0.3) is 10.9 Å². The number of fused-ring (bicyclic) bond motifs is 1. The van der Waals surface area contributed by atoms with Crippen LogP contribution in [0, 0.1) is 5.92 Å². The van der Waals surface area contributed by atoms with Gasteiger partial charge in [-0.3, -0.25) is 4.79 Å². The molecule has 1 saturated heterocycles. The number of rotatable bonds is 5. The van der Waals surface area contributed by atoms with Crippen molar-refractivity contribution in [2.24, 2.45) is 5.92 Å². The van der Waals surface area contributed by atoms with Crippen molar-refractivity contribution in [1.29, 1.82) is 0 Å². The molecule has 0 saturated carbocycles. The maximum atomic E-state index is 12.0. The van der Waals surface area contributed by atoms with Gasteiger partial charge in [0.15, 0.2) is 9.84 Å². The van der Waals surface area contributed by atoms with Crippen molar-refractivity contribution in [1.82, 2.24) is 4.98 Å². The largest absolute Gasteiger partial charge is 0.461 e. The third kappa shape index (κ3) is 4.65. The van der Waals surface area contributed by atoms with Crippen LogP contribution in [0.5, 0.6) is 0 Å². The highest BCUT2D eigenvalue weighted by atomic mass is 35.5. The third-order valence-corrected chi connectivity index (χ3v) is 7.11. The molecule has 1 aliphatic rings. The van der Waals surface area contributed by atoms with Gasteiger partial charge in [-0.15, -0.1) is 11.8 Å². The highest BCUT2D eigenvalue weighted by Gasteiger charge is 2.29. The number of aromatic nitrogens is 1. The lowest BCUT2D eigenvalue weighted by molar-refractivity contribution is -0.145. The van der Waals surface area contributed by atoms with Gasteiger partial charge in [0.25, 0.3) is 0 Å². The number of thioether (sulfide) groups is 1. The van der Waals surface area contributed by atoms with Gasteiger partial charge in [-0.2, -0.15) is 0 Å². The Morgan fingerprint density at radius 1 is 1.40 bits per heavy atom. The number of benzene rings is 1. The molecule has 0 N–H and O–H groups in total. The van der Waals surface area contributed by atoms with E-state index < -0.39 is 15.8 Å². The van der Waals surface area contributed by atoms with Crippen LogP contribution in [-0.4, -0.2) is 37.1 Å². The number of pyridine rings is 1. The summed E-state index contributed by atoms with van der Waals surface area (Å²) in [6.45, 7) is 0.0321. The molecule has 1 aromatic carbocycles. The molecule has 0 radical (unpaired) electrons. The standard InChI is InChI=1S/C17H18ClNO4S2/c1-24-14-3-2-12-7-13(17(18)19-15(12)8-14)9-23-16(20)6-11-4-5-25(21,22)10-11/h2-3,7-8,11H,4-6,9-10H2,1H3/t11-/m0/s1. The van der Waals surface area contributed by atoms with E-state index in [1.807, 2.05) is 30.5 Å². The molecule has 134 valence electrons. The summed E-state index contributed by atoms with van der Waals surface area (Å²) in [7, 11) is -2.99. The maximum absolute atomic E-state index is 12.0. The first kappa shape index (κ1) is 18.5. The second-order valence-corrected chi connectivity index (χ2v) is 9.60. The van der Waals surface area contributed by atoms with Crippen LogP contribution in [-0.2, 0) is 26.0 Å². The van der Waals surface area contributed by atoms with Crippen molar-refractivity contribution >= 4 is 50.1 Å². The molecule has 0 amide bonds. The van der Waals surface area contributed by atoms with Crippen LogP contribution in [0.2, 0.25) is 5.15 Å². The van der Waals surface area contributed by atoms with E-state index in [1.165, 1.54) is 0 Å². The fourth-order valence-corrected chi connectivity index (χ4v) is 5.38. The smallest absolute Gasteiger partial charge is 0.306 e. The van der Waals surface area contributed by atoms with Crippen LogP contribution >= 0.6 is 23.4 Å². The molecule has 0 spiro atoms. The summed E-state index contributed by atoms with van der Waals surface area (Å²) in [5, 5.41) is 1.23. The van der Waals surface area contributed by atoms with E-state index in [2.05, 4.69) is 4.98 Å². The van der Waals surface area contributed by atoms with Crippen molar-refractivity contribution < 1.29 is 17.9 Å². The molecule has 3 rings (SSSR count). The Morgan fingerprint density at radius 3 is 2.88 bits per heavy atom. The summed E-state index contributed by atoms with van der Waals surface area (Å²) >= 11 is 7.83. The van der Waals surface area contributed by atoms with Crippen molar-refractivity contribution in [3.05, 3.63) is 35.0 Å². The molecule has 0 bridgehead atoms. The monoisotopic (exact) mass is 399 g/mol. The predicted octanol–water partition coefficient (Wildman–Crippen LogP) is 3.48. The SMILES string of the molecule is CSc1ccc2cc(COC(=O)C[C@@H]3CCS(=O)(=O)C3)c(Cl)nc2c1. The molecule has 0 unspecified atom stereocenters. The first-order valence-corrected chi connectivity index (χ1v) is 11.3. The van der Waals surface area contributed by atoms with Gasteiger partial charge in [0.2, 0.25) is 0 Å². The van der Waals surface area contributed by atoms with Crippen LogP contribution in [0.3, 0.4) is 0 Å². The molecule has 1 aromatic heterocycles. The van der Waals surface area contributed by atoms with Crippen molar-refractivity contribution in [2.45, 2.75) is 24.3 Å². The van der Waals surface area contributed by atoms with Crippen LogP contribution in [0.4, 0.5) is 0 Å². The van der Waals surface area contributed by atoms with Crippen LogP contribution in [0.1, 0.15) is 18.4 Å². The zero-order chi connectivity index (χ0) is 18.0. The molecular weight excluding hydrogens is 382 g/mol. The topological polar surface area (TPSA) is 73.3 Å². The number of hydrogen-bond acceptors (Lipinski definition) is 6. The molecule has 1 fully saturated rings. The molecule has 1 aliphatic heterocycles. The number of hydrogen-bond donors (Lipinski definition) is 0. The zero-order valence-electron chi connectivity index (χ0n) is 13.7. The maximum Gasteiger partial charge on any atom is 0.306 e. The molecular formula is C17H18ClNO4S2. The average Bonchev–Trinajstić information content (AvgIpc) is 2.90. The molecule has 2 aromatic rings. The number of carbonyl (C=O) groups is 1. The van der Waals surface area contributed by atoms with Gasteiger partial charge >= 0.3 is 5.97 Å². The summed E-state index contributed by atoms with van der Waals surface area (Å²) in [5.74, 6) is -0.328. The van der Waals surface area contributed by atoms with E-state index in [4.69, 9.17) is 16.3 Å². The highest BCUT2D eigenvalue weighted by Crippen LogP contribution is 2.26. The van der Waals surface area contributed by atoms with Gasteiger partial charge in [0, 0.05) is 22.3 Å². The number of nitrogens with zero attached hydrogens (tertiary/aromatic N) is 1. The number of sulfone groups is 1. The summed E-state index contributed by atoms with van der Waals surface area (Å²) in [6.07, 6.45) is 2.63. The summed E-state index contributed by atoms with van der Waals surface area (Å²) in [4.78, 5) is 17.4. The number of esters is 1. The fourth-order valence-electron chi connectivity index (χ4n) is 2.88. The Kier molecular flexibility index (Phi) is 5.55. The van der Waals surface area contributed by atoms with E-state index >= 15 is 0 Å². The predicted molar refractivity (Wildman–Crippen MR) is 99.7 cm³/mol. The Bertz CT molecular complexity index is 914. The first-order valence-electron chi connectivity index (χ1n) is 7.85. The zero-order valence-corrected chi connectivity index (χ0v) is 16.1. The molecule has 0 aliphatic carbocycles. The van der Waals surface area contributed by atoms with Crippen molar-refractivity contribution in [3.63, 3.8) is 0 Å². The molecule has 25 heavy (non-hydrogen) atoms. The van der Waals surface area contributed by atoms with E-state index in [-0.39, 0.29) is 30.5 Å². The Morgan fingerprint density at radius 2 is 2.20 bits per heavy atom. The van der Waals surface area contributed by atoms with Gasteiger partial charge < -0.3 is 4.74 Å². The second kappa shape index (κ2) is 7.51. The molecule has 5 nitrogen and oxygen atoms in total. The van der Waals surface area contributed by atoms with E-state index in [0.717, 1.165) is 15.8 Å². The van der Waals surface area contributed by atoms with Gasteiger partial charge in [-0.05, 0) is 36.8 Å². The Hall–Kier alpha value is -1.31. The van der Waals surface area contributed by atoms with Crippen molar-refractivity contribution in [2.75, 3.05) is 17.8 Å². The lowest BCUT2D eigenvalue weighted by Crippen LogP contribution is -2.13. The van der Waals surface area contributed by atoms with E-state index in [9.17, 15) is 13.2 Å². The summed E-state index contributed by atoms with van der Waals surface area (Å²) in [5.41, 5.74) is 1.43. The number of carbonyl (C=O) groups excluding carboxylic acids is 1.